The molecule has 3 saturated heterocycles. The van der Waals surface area contributed by atoms with Crippen molar-refractivity contribution >= 4 is 33.4 Å². The van der Waals surface area contributed by atoms with Gasteiger partial charge < -0.3 is 9.84 Å². The van der Waals surface area contributed by atoms with Crippen LogP contribution in [-0.2, 0) is 4.79 Å². The van der Waals surface area contributed by atoms with Crippen LogP contribution >= 0.6 is 0 Å². The molecule has 9 nitrogen and oxygen atoms in total. The van der Waals surface area contributed by atoms with Gasteiger partial charge in [0.25, 0.3) is 0 Å². The van der Waals surface area contributed by atoms with Crippen LogP contribution in [0.1, 0.15) is 44.1 Å². The molecule has 1 N–H and O–H groups in total. The third kappa shape index (κ3) is 5.71. The van der Waals surface area contributed by atoms with Crippen molar-refractivity contribution in [2.75, 3.05) is 37.8 Å². The number of aromatic hydroxyl groups is 1. The molecule has 15 heteroatoms. The number of halogens is 6. The average molecular weight is 685 g/mol. The first-order valence-electron chi connectivity index (χ1n) is 15.9. The number of carbonyl (C=O) groups is 1. The fourth-order valence-electron chi connectivity index (χ4n) is 7.39. The third-order valence-electron chi connectivity index (χ3n) is 9.58. The summed E-state index contributed by atoms with van der Waals surface area (Å²) < 4.78 is 93.6. The van der Waals surface area contributed by atoms with E-state index in [1.807, 2.05) is 4.90 Å². The molecule has 2 aromatic heterocycles. The molecule has 0 saturated carbocycles. The van der Waals surface area contributed by atoms with E-state index < -0.39 is 47.0 Å². The molecule has 0 radical (unpaired) electrons. The van der Waals surface area contributed by atoms with Gasteiger partial charge in [0.1, 0.15) is 35.6 Å². The van der Waals surface area contributed by atoms with Crippen molar-refractivity contribution in [3.8, 4) is 35.4 Å². The first kappa shape index (κ1) is 32.7. The lowest BCUT2D eigenvalue weighted by Crippen LogP contribution is -2.52. The van der Waals surface area contributed by atoms with Gasteiger partial charge in [-0.25, -0.2) is 18.2 Å². The Kier molecular flexibility index (Phi) is 8.17. The van der Waals surface area contributed by atoms with Crippen molar-refractivity contribution in [1.82, 2.24) is 24.9 Å². The summed E-state index contributed by atoms with van der Waals surface area (Å²) in [6.45, 7) is 0.486. The van der Waals surface area contributed by atoms with Gasteiger partial charge in [0.05, 0.1) is 16.5 Å². The number of terminal acetylenes is 1. The first-order chi connectivity index (χ1) is 23.4. The van der Waals surface area contributed by atoms with E-state index in [0.717, 1.165) is 23.7 Å². The lowest BCUT2D eigenvalue weighted by molar-refractivity contribution is -0.186. The second kappa shape index (κ2) is 12.2. The molecule has 4 aromatic rings. The second-order valence-electron chi connectivity index (χ2n) is 12.6. The maximum Gasteiger partial charge on any atom is 0.473 e. The molecule has 0 spiro atoms. The number of amides is 1. The summed E-state index contributed by atoms with van der Waals surface area (Å²) in [7, 11) is 0. The van der Waals surface area contributed by atoms with Crippen molar-refractivity contribution < 1.29 is 41.0 Å². The number of hydrogen-bond acceptors (Lipinski definition) is 8. The highest BCUT2D eigenvalue weighted by Gasteiger charge is 2.50. The fraction of sp³-hybridized carbons (Fsp3) is 0.412. The molecule has 0 aliphatic carbocycles. The molecule has 2 aromatic carbocycles. The molecular formula is C34H30F6N6O3. The van der Waals surface area contributed by atoms with E-state index in [-0.39, 0.29) is 78.2 Å². The number of benzene rings is 2. The van der Waals surface area contributed by atoms with E-state index >= 15 is 4.39 Å². The van der Waals surface area contributed by atoms with Crippen molar-refractivity contribution in [3.05, 3.63) is 47.7 Å². The van der Waals surface area contributed by atoms with E-state index in [1.165, 1.54) is 18.2 Å². The number of alkyl halides is 4. The highest BCUT2D eigenvalue weighted by molar-refractivity contribution is 6.03. The predicted octanol–water partition coefficient (Wildman–Crippen LogP) is 6.06. The Hall–Kier alpha value is -4.84. The van der Waals surface area contributed by atoms with Crippen LogP contribution < -0.4 is 9.75 Å². The number of ether oxygens (including phenoxy) is 1. The molecule has 7 rings (SSSR count). The lowest BCUT2D eigenvalue weighted by atomic mass is 9.95. The molecule has 0 unspecified atom stereocenters. The molecule has 3 fully saturated rings. The van der Waals surface area contributed by atoms with Gasteiger partial charge in [-0.1, -0.05) is 12.0 Å². The highest BCUT2D eigenvalue weighted by Crippen LogP contribution is 2.42. The van der Waals surface area contributed by atoms with Crippen molar-refractivity contribution in [3.63, 3.8) is 0 Å². The number of phenols is 1. The first-order valence-corrected chi connectivity index (χ1v) is 15.9. The maximum absolute atomic E-state index is 16.8. The molecule has 3 aliphatic rings. The number of hydrazine groups is 1. The number of carbonyl (C=O) groups excluding carboxylic acids is 1. The number of hydrogen-bond donors (Lipinski definition) is 1. The Bertz CT molecular complexity index is 2020. The van der Waals surface area contributed by atoms with Crippen LogP contribution in [0.4, 0.5) is 32.2 Å². The van der Waals surface area contributed by atoms with Crippen LogP contribution in [0.25, 0.3) is 32.9 Å². The smallest absolute Gasteiger partial charge is 0.473 e. The number of nitrogens with zero attached hydrogens (tertiary/aromatic N) is 6. The summed E-state index contributed by atoms with van der Waals surface area (Å²) >= 11 is 0. The number of pyridine rings is 1. The minimum absolute atomic E-state index is 0.0615. The van der Waals surface area contributed by atoms with Gasteiger partial charge in [0.2, 0.25) is 0 Å². The number of fused-ring (bicyclic) bond motifs is 3. The van der Waals surface area contributed by atoms with Gasteiger partial charge >= 0.3 is 18.1 Å². The molecule has 5 heterocycles. The fourth-order valence-corrected chi connectivity index (χ4v) is 7.39. The monoisotopic (exact) mass is 684 g/mol. The number of anilines is 1. The Balaban J connectivity index is 1.42. The Morgan fingerprint density at radius 2 is 1.90 bits per heavy atom. The van der Waals surface area contributed by atoms with Crippen LogP contribution in [0.5, 0.6) is 11.8 Å². The van der Waals surface area contributed by atoms with Crippen LogP contribution in [-0.4, -0.2) is 86.5 Å². The Labute approximate surface area is 276 Å². The highest BCUT2D eigenvalue weighted by atomic mass is 19.4. The van der Waals surface area contributed by atoms with Gasteiger partial charge in [-0.05, 0) is 62.2 Å². The maximum atomic E-state index is 16.8. The summed E-state index contributed by atoms with van der Waals surface area (Å²) in [5.74, 6) is -2.24. The van der Waals surface area contributed by atoms with Gasteiger partial charge in [-0.3, -0.25) is 19.7 Å². The molecule has 3 aliphatic heterocycles. The van der Waals surface area contributed by atoms with E-state index in [2.05, 4.69) is 20.9 Å². The van der Waals surface area contributed by atoms with Gasteiger partial charge in [-0.2, -0.15) is 23.1 Å². The van der Waals surface area contributed by atoms with Crippen molar-refractivity contribution in [2.24, 2.45) is 0 Å². The average Bonchev–Trinajstić information content (AvgIpc) is 3.47. The van der Waals surface area contributed by atoms with Crippen LogP contribution in [0.15, 0.2) is 30.5 Å². The Morgan fingerprint density at radius 1 is 1.10 bits per heavy atom. The number of phenolic OH excluding ortho intramolecular Hbond substituents is 1. The van der Waals surface area contributed by atoms with E-state index in [0.29, 0.717) is 36.2 Å². The number of rotatable bonds is 5. The normalized spacial score (nSPS) is 21.6. The predicted molar refractivity (Wildman–Crippen MR) is 167 cm³/mol. The van der Waals surface area contributed by atoms with Crippen LogP contribution in [0.2, 0.25) is 0 Å². The van der Waals surface area contributed by atoms with Crippen molar-refractivity contribution in [1.29, 1.82) is 0 Å². The van der Waals surface area contributed by atoms with E-state index in [9.17, 15) is 31.9 Å². The molecule has 49 heavy (non-hydrogen) atoms. The quantitative estimate of drug-likeness (QED) is 0.200. The largest absolute Gasteiger partial charge is 0.508 e. The van der Waals surface area contributed by atoms with E-state index in [1.54, 1.807) is 0 Å². The zero-order chi connectivity index (χ0) is 34.7. The van der Waals surface area contributed by atoms with Gasteiger partial charge in [0.15, 0.2) is 11.6 Å². The van der Waals surface area contributed by atoms with Gasteiger partial charge in [0, 0.05) is 43.2 Å². The summed E-state index contributed by atoms with van der Waals surface area (Å²) in [5.41, 5.74) is -1.72. The van der Waals surface area contributed by atoms with E-state index in [4.69, 9.17) is 11.2 Å². The zero-order valence-electron chi connectivity index (χ0n) is 26.0. The number of aromatic nitrogens is 3. The standard InChI is InChI=1S/C34H30F6N6O3/c1-2-22-25(36)8-7-19-13-21(47)14-23(26(19)22)28-27(37)29-24(16-41-28)30(45-11-4-3-5-12-46(45)31(48)34(38,39)40)43-32(42-29)49-18-33-9-6-10-44(33)17-20(35)15-33/h1,7-8,13-14,16,20,47H,3-6,9-12,15,17-18H2/t20-,33+/m1/s1. The molecular weight excluding hydrogens is 654 g/mol. The van der Waals surface area contributed by atoms with Crippen LogP contribution in [0, 0.1) is 24.0 Å². The Morgan fingerprint density at radius 3 is 2.67 bits per heavy atom. The molecule has 2 atom stereocenters. The lowest BCUT2D eigenvalue weighted by Gasteiger charge is -2.35. The second-order valence-corrected chi connectivity index (χ2v) is 12.6. The summed E-state index contributed by atoms with van der Waals surface area (Å²) in [6.07, 6.45) is 3.31. The van der Waals surface area contributed by atoms with Gasteiger partial charge in [-0.15, -0.1) is 6.42 Å². The van der Waals surface area contributed by atoms with Crippen molar-refractivity contribution in [2.45, 2.75) is 56.4 Å². The minimum atomic E-state index is -5.21. The molecule has 256 valence electrons. The SMILES string of the molecule is C#Cc1c(F)ccc2cc(O)cc(-c3ncc4c(N5CCCCCN5C(=O)C(F)(F)F)nc(OC[C@@]56CCCN5C[C@H](F)C6)nc4c3F)c12. The molecule has 1 amide bonds. The minimum Gasteiger partial charge on any atom is -0.508 e. The van der Waals surface area contributed by atoms with Crippen LogP contribution in [0.3, 0.4) is 0 Å². The summed E-state index contributed by atoms with van der Waals surface area (Å²) in [5, 5.41) is 12.3. The topological polar surface area (TPSA) is 94.9 Å². The zero-order valence-corrected chi connectivity index (χ0v) is 26.0. The summed E-state index contributed by atoms with van der Waals surface area (Å²) in [6, 6.07) is 4.57. The summed E-state index contributed by atoms with van der Waals surface area (Å²) in [4.78, 5) is 27.6. The molecule has 0 bridgehead atoms. The third-order valence-corrected chi connectivity index (χ3v) is 9.58.